The molecule has 38 heavy (non-hydrogen) atoms. The molecule has 0 fully saturated rings. The fourth-order valence-electron chi connectivity index (χ4n) is 3.81. The lowest BCUT2D eigenvalue weighted by atomic mass is 10.0. The molecule has 0 atom stereocenters. The largest absolute Gasteiger partial charge is 0.417 e. The van der Waals surface area contributed by atoms with Crippen molar-refractivity contribution < 1.29 is 18.0 Å². The van der Waals surface area contributed by atoms with Gasteiger partial charge in [0, 0.05) is 54.3 Å². The molecule has 5 rings (SSSR count). The molecule has 0 aliphatic rings. The Hall–Kier alpha value is -4.46. The average Bonchev–Trinajstić information content (AvgIpc) is 3.68. The van der Waals surface area contributed by atoms with E-state index in [0.29, 0.717) is 23.7 Å². The Balaban J connectivity index is 1.41. The zero-order valence-corrected chi connectivity index (χ0v) is 21.1. The highest BCUT2D eigenvalue weighted by molar-refractivity contribution is 7.05. The summed E-state index contributed by atoms with van der Waals surface area (Å²) in [6, 6.07) is 10.6. The number of benzene rings is 1. The quantitative estimate of drug-likeness (QED) is 0.269. The first kappa shape index (κ1) is 25.2. The first-order valence-corrected chi connectivity index (χ1v) is 12.2. The maximum absolute atomic E-state index is 13.7. The second-order valence-corrected chi connectivity index (χ2v) is 9.42. The second kappa shape index (κ2) is 10.1. The van der Waals surface area contributed by atoms with Crippen molar-refractivity contribution in [2.75, 3.05) is 5.32 Å². The Labute approximate surface area is 218 Å². The molecule has 0 spiro atoms. The van der Waals surface area contributed by atoms with Crippen LogP contribution in [0.4, 0.5) is 19.0 Å². The molecule has 0 unspecified atom stereocenters. The van der Waals surface area contributed by atoms with Crippen LogP contribution in [0.25, 0.3) is 17.1 Å². The summed E-state index contributed by atoms with van der Waals surface area (Å²) in [5.74, 6) is 0.506. The fourth-order valence-corrected chi connectivity index (χ4v) is 4.32. The van der Waals surface area contributed by atoms with Gasteiger partial charge in [0.1, 0.15) is 5.82 Å². The Morgan fingerprint density at radius 2 is 1.95 bits per heavy atom. The number of halogens is 3. The number of aromatic amines is 1. The van der Waals surface area contributed by atoms with Crippen LogP contribution in [0.5, 0.6) is 0 Å². The number of nitrogens with one attached hydrogen (secondary N) is 3. The molecule has 0 saturated heterocycles. The Bertz CT molecular complexity index is 1570. The van der Waals surface area contributed by atoms with Crippen LogP contribution in [0.1, 0.15) is 32.2 Å². The van der Waals surface area contributed by atoms with Gasteiger partial charge in [0.05, 0.1) is 17.8 Å². The van der Waals surface area contributed by atoms with Gasteiger partial charge in [0.25, 0.3) is 5.91 Å². The van der Waals surface area contributed by atoms with E-state index in [1.165, 1.54) is 39.1 Å². The number of carbonyl (C=O) groups is 1. The fraction of sp³-hybridized carbons (Fsp3) is 0.208. The van der Waals surface area contributed by atoms with Crippen molar-refractivity contribution >= 4 is 23.3 Å². The van der Waals surface area contributed by atoms with Gasteiger partial charge < -0.3 is 10.6 Å². The van der Waals surface area contributed by atoms with E-state index in [4.69, 9.17) is 0 Å². The van der Waals surface area contributed by atoms with Crippen molar-refractivity contribution in [2.45, 2.75) is 26.2 Å². The Kier molecular flexibility index (Phi) is 6.72. The Morgan fingerprint density at radius 3 is 2.61 bits per heavy atom. The van der Waals surface area contributed by atoms with Crippen molar-refractivity contribution in [2.24, 2.45) is 7.05 Å². The van der Waals surface area contributed by atoms with Crippen LogP contribution >= 0.6 is 11.5 Å². The summed E-state index contributed by atoms with van der Waals surface area (Å²) >= 11 is 1.28. The van der Waals surface area contributed by atoms with Gasteiger partial charge in [0.2, 0.25) is 0 Å². The third kappa shape index (κ3) is 5.44. The molecule has 0 aliphatic carbocycles. The van der Waals surface area contributed by atoms with E-state index in [2.05, 4.69) is 35.4 Å². The predicted molar refractivity (Wildman–Crippen MR) is 135 cm³/mol. The zero-order chi connectivity index (χ0) is 26.9. The topological polar surface area (TPSA) is 118 Å². The molecule has 196 valence electrons. The smallest absolute Gasteiger partial charge is 0.366 e. The first-order chi connectivity index (χ1) is 18.2. The third-order valence-electron chi connectivity index (χ3n) is 5.62. The van der Waals surface area contributed by atoms with Crippen LogP contribution in [0.2, 0.25) is 0 Å². The number of rotatable bonds is 8. The SMILES string of the molecule is Cc1cc(-n2nc(C(=O)NCc3ccns3)cc2NCc2ccc(C(F)(F)F)c(-c3ccn(C)n3)c2)n[nH]1. The van der Waals surface area contributed by atoms with Crippen molar-refractivity contribution in [1.82, 2.24) is 39.4 Å². The molecular formula is C24H22F3N9OS. The summed E-state index contributed by atoms with van der Waals surface area (Å²) in [4.78, 5) is 13.7. The molecule has 4 heterocycles. The Morgan fingerprint density at radius 1 is 1.11 bits per heavy atom. The maximum Gasteiger partial charge on any atom is 0.417 e. The highest BCUT2D eigenvalue weighted by atomic mass is 32.1. The number of H-pyrrole nitrogens is 1. The number of anilines is 1. The summed E-state index contributed by atoms with van der Waals surface area (Å²) < 4.78 is 48.0. The number of hydrogen-bond acceptors (Lipinski definition) is 7. The number of aryl methyl sites for hydroxylation is 2. The highest BCUT2D eigenvalue weighted by Gasteiger charge is 2.34. The van der Waals surface area contributed by atoms with Crippen LogP contribution in [-0.4, -0.2) is 40.0 Å². The summed E-state index contributed by atoms with van der Waals surface area (Å²) in [5.41, 5.74) is 0.966. The number of carbonyl (C=O) groups excluding carboxylic acids is 1. The molecule has 0 aliphatic heterocycles. The minimum absolute atomic E-state index is 0.0167. The van der Waals surface area contributed by atoms with Gasteiger partial charge in [-0.3, -0.25) is 14.6 Å². The molecule has 10 nitrogen and oxygen atoms in total. The molecular weight excluding hydrogens is 519 g/mol. The van der Waals surface area contributed by atoms with Crippen LogP contribution in [-0.2, 0) is 26.3 Å². The number of aromatic nitrogens is 7. The summed E-state index contributed by atoms with van der Waals surface area (Å²) in [6.45, 7) is 2.30. The van der Waals surface area contributed by atoms with Crippen LogP contribution in [0, 0.1) is 6.92 Å². The average molecular weight is 542 g/mol. The molecule has 1 aromatic carbocycles. The first-order valence-electron chi connectivity index (χ1n) is 11.4. The summed E-state index contributed by atoms with van der Waals surface area (Å²) in [7, 11) is 1.64. The maximum atomic E-state index is 13.7. The van der Waals surface area contributed by atoms with Crippen LogP contribution in [0.15, 0.2) is 54.9 Å². The van der Waals surface area contributed by atoms with E-state index in [9.17, 15) is 18.0 Å². The zero-order valence-electron chi connectivity index (χ0n) is 20.2. The molecule has 0 bridgehead atoms. The lowest BCUT2D eigenvalue weighted by Gasteiger charge is -2.14. The lowest BCUT2D eigenvalue weighted by Crippen LogP contribution is -2.23. The van der Waals surface area contributed by atoms with Gasteiger partial charge >= 0.3 is 6.18 Å². The molecule has 5 aromatic rings. The van der Waals surface area contributed by atoms with Crippen molar-refractivity contribution in [3.8, 4) is 17.1 Å². The molecule has 0 radical (unpaired) electrons. The molecule has 14 heteroatoms. The van der Waals surface area contributed by atoms with E-state index in [-0.39, 0.29) is 29.4 Å². The monoisotopic (exact) mass is 541 g/mol. The van der Waals surface area contributed by atoms with Gasteiger partial charge in [0.15, 0.2) is 11.5 Å². The summed E-state index contributed by atoms with van der Waals surface area (Å²) in [5, 5.41) is 21.6. The van der Waals surface area contributed by atoms with Gasteiger partial charge in [-0.05, 0) is 48.3 Å². The van der Waals surface area contributed by atoms with Gasteiger partial charge in [-0.1, -0.05) is 6.07 Å². The van der Waals surface area contributed by atoms with Crippen molar-refractivity contribution in [3.63, 3.8) is 0 Å². The van der Waals surface area contributed by atoms with Crippen molar-refractivity contribution in [3.05, 3.63) is 82.3 Å². The number of hydrogen-bond donors (Lipinski definition) is 3. The van der Waals surface area contributed by atoms with E-state index >= 15 is 0 Å². The van der Waals surface area contributed by atoms with E-state index in [1.54, 1.807) is 31.6 Å². The number of alkyl halides is 3. The van der Waals surface area contributed by atoms with E-state index in [1.807, 2.05) is 13.0 Å². The normalized spacial score (nSPS) is 11.6. The van der Waals surface area contributed by atoms with Gasteiger partial charge in [-0.2, -0.15) is 33.1 Å². The second-order valence-electron chi connectivity index (χ2n) is 8.50. The van der Waals surface area contributed by atoms with Crippen LogP contribution < -0.4 is 10.6 Å². The number of nitrogens with zero attached hydrogens (tertiary/aromatic N) is 6. The van der Waals surface area contributed by atoms with Crippen LogP contribution in [0.3, 0.4) is 0 Å². The highest BCUT2D eigenvalue weighted by Crippen LogP contribution is 2.37. The molecule has 1 amide bonds. The summed E-state index contributed by atoms with van der Waals surface area (Å²) in [6.07, 6.45) is -1.29. The molecule has 4 aromatic heterocycles. The molecule has 0 saturated carbocycles. The van der Waals surface area contributed by atoms with Gasteiger partial charge in [-0.25, -0.2) is 4.37 Å². The minimum atomic E-state index is -4.53. The standard InChI is InChI=1S/C24H22F3N9OS/c1-14-9-22(32-31-14)36-21(11-20(34-36)23(37)29-13-16-5-7-30-38-16)28-12-15-3-4-18(24(25,26)27)17(10-15)19-6-8-35(2)33-19/h3-11,28H,12-13H2,1-2H3,(H,29,37)(H,31,32). The number of amides is 1. The molecule has 3 N–H and O–H groups in total. The predicted octanol–water partition coefficient (Wildman–Crippen LogP) is 4.32. The van der Waals surface area contributed by atoms with Crippen molar-refractivity contribution in [1.29, 1.82) is 0 Å². The minimum Gasteiger partial charge on any atom is -0.366 e. The third-order valence-corrected chi connectivity index (χ3v) is 6.36. The van der Waals surface area contributed by atoms with E-state index < -0.39 is 11.7 Å². The lowest BCUT2D eigenvalue weighted by molar-refractivity contribution is -0.137. The van der Waals surface area contributed by atoms with Gasteiger partial charge in [-0.15, -0.1) is 0 Å². The van der Waals surface area contributed by atoms with E-state index in [0.717, 1.165) is 16.6 Å².